The summed E-state index contributed by atoms with van der Waals surface area (Å²) in [6, 6.07) is -4.58. The summed E-state index contributed by atoms with van der Waals surface area (Å²) in [5, 5.41) is 25.6. The van der Waals surface area contributed by atoms with Crippen LogP contribution in [-0.2, 0) is 24.0 Å². The Hall–Kier alpha value is -3.42. The number of carbonyl (C=O) groups is 5. The number of nitrogens with one attached hydrogen (secondary N) is 3. The van der Waals surface area contributed by atoms with Crippen molar-refractivity contribution in [3.05, 3.63) is 0 Å². The van der Waals surface area contributed by atoms with Gasteiger partial charge in [-0.2, -0.15) is 0 Å². The van der Waals surface area contributed by atoms with Crippen LogP contribution in [0.5, 0.6) is 0 Å². The summed E-state index contributed by atoms with van der Waals surface area (Å²) < 4.78 is 0. The number of guanidine groups is 1. The summed E-state index contributed by atoms with van der Waals surface area (Å²) in [6.07, 6.45) is -0.209. The maximum absolute atomic E-state index is 12.9. The minimum absolute atomic E-state index is 0.0449. The summed E-state index contributed by atoms with van der Waals surface area (Å²) in [6.45, 7) is 5.16. The van der Waals surface area contributed by atoms with E-state index in [4.69, 9.17) is 22.3 Å². The van der Waals surface area contributed by atoms with Gasteiger partial charge < -0.3 is 43.4 Å². The average molecular weight is 488 g/mol. The largest absolute Gasteiger partial charge is 0.481 e. The predicted molar refractivity (Wildman–Crippen MR) is 123 cm³/mol. The highest BCUT2D eigenvalue weighted by atomic mass is 16.4. The van der Waals surface area contributed by atoms with Crippen molar-refractivity contribution in [2.24, 2.45) is 28.1 Å². The topological polar surface area (TPSA) is 252 Å². The quantitative estimate of drug-likeness (QED) is 0.0664. The number of hydrogen-bond acceptors (Lipinski definition) is 7. The zero-order valence-corrected chi connectivity index (χ0v) is 19.7. The SMILES string of the molecule is CC(C)CC(NC(=O)C(CCC(=O)O)NC(=O)C(CCCN=C(N)N)NC(=O)C(C)N)C(=O)O. The summed E-state index contributed by atoms with van der Waals surface area (Å²) in [7, 11) is 0. The second-order valence-electron chi connectivity index (χ2n) is 8.32. The van der Waals surface area contributed by atoms with Gasteiger partial charge in [0.15, 0.2) is 5.96 Å². The third-order valence-corrected chi connectivity index (χ3v) is 4.59. The van der Waals surface area contributed by atoms with E-state index in [0.29, 0.717) is 6.42 Å². The van der Waals surface area contributed by atoms with Gasteiger partial charge in [0.1, 0.15) is 18.1 Å². The smallest absolute Gasteiger partial charge is 0.326 e. The molecule has 14 nitrogen and oxygen atoms in total. The van der Waals surface area contributed by atoms with Gasteiger partial charge in [-0.25, -0.2) is 4.79 Å². The Labute approximate surface area is 198 Å². The Morgan fingerprint density at radius 3 is 1.76 bits per heavy atom. The van der Waals surface area contributed by atoms with Crippen molar-refractivity contribution >= 4 is 35.6 Å². The van der Waals surface area contributed by atoms with Gasteiger partial charge >= 0.3 is 11.9 Å². The number of aliphatic imine (C=N–C) groups is 1. The zero-order valence-electron chi connectivity index (χ0n) is 19.7. The lowest BCUT2D eigenvalue weighted by Crippen LogP contribution is -2.57. The molecular weight excluding hydrogens is 450 g/mol. The lowest BCUT2D eigenvalue weighted by atomic mass is 10.0. The third kappa shape index (κ3) is 13.2. The second-order valence-corrected chi connectivity index (χ2v) is 8.32. The van der Waals surface area contributed by atoms with E-state index in [1.165, 1.54) is 6.92 Å². The van der Waals surface area contributed by atoms with E-state index in [2.05, 4.69) is 20.9 Å². The van der Waals surface area contributed by atoms with Crippen LogP contribution in [0.15, 0.2) is 4.99 Å². The average Bonchev–Trinajstić information content (AvgIpc) is 2.71. The first kappa shape index (κ1) is 30.6. The maximum atomic E-state index is 12.9. The molecule has 0 saturated carbocycles. The summed E-state index contributed by atoms with van der Waals surface area (Å²) >= 11 is 0. The molecule has 194 valence electrons. The molecule has 4 atom stereocenters. The van der Waals surface area contributed by atoms with E-state index >= 15 is 0 Å². The number of rotatable bonds is 16. The van der Waals surface area contributed by atoms with Crippen LogP contribution in [-0.4, -0.2) is 76.5 Å². The van der Waals surface area contributed by atoms with Crippen molar-refractivity contribution in [2.45, 2.75) is 77.0 Å². The van der Waals surface area contributed by atoms with Crippen LogP contribution >= 0.6 is 0 Å². The standard InChI is InChI=1S/C20H37N7O7/c1-10(2)9-14(19(33)34)27-18(32)13(6-7-15(28)29)26-17(31)12(25-16(30)11(3)21)5-4-8-24-20(22)23/h10-14H,4-9,21H2,1-3H3,(H,25,30)(H,26,31)(H,27,32)(H,28,29)(H,33,34)(H4,22,23,24). The Balaban J connectivity index is 5.55. The number of amides is 3. The molecular formula is C20H37N7O7. The summed E-state index contributed by atoms with van der Waals surface area (Å²) in [5.74, 6) is -4.87. The highest BCUT2D eigenvalue weighted by Gasteiger charge is 2.30. The van der Waals surface area contributed by atoms with Crippen molar-refractivity contribution in [3.8, 4) is 0 Å². The third-order valence-electron chi connectivity index (χ3n) is 4.59. The van der Waals surface area contributed by atoms with Crippen molar-refractivity contribution < 1.29 is 34.2 Å². The van der Waals surface area contributed by atoms with Gasteiger partial charge in [0.2, 0.25) is 17.7 Å². The van der Waals surface area contributed by atoms with E-state index in [0.717, 1.165) is 0 Å². The van der Waals surface area contributed by atoms with Crippen LogP contribution in [0.25, 0.3) is 0 Å². The van der Waals surface area contributed by atoms with E-state index in [-0.39, 0.29) is 37.7 Å². The number of nitrogens with zero attached hydrogens (tertiary/aromatic N) is 1. The van der Waals surface area contributed by atoms with Crippen LogP contribution in [0, 0.1) is 5.92 Å². The molecule has 3 amide bonds. The number of nitrogens with two attached hydrogens (primary N) is 3. The normalized spacial score (nSPS) is 14.3. The number of carboxylic acid groups (broad SMARTS) is 2. The fourth-order valence-electron chi connectivity index (χ4n) is 2.85. The summed E-state index contributed by atoms with van der Waals surface area (Å²) in [5.41, 5.74) is 16.1. The number of carbonyl (C=O) groups excluding carboxylic acids is 3. The van der Waals surface area contributed by atoms with Gasteiger partial charge in [-0.1, -0.05) is 13.8 Å². The predicted octanol–water partition coefficient (Wildman–Crippen LogP) is -2.16. The van der Waals surface area contributed by atoms with Crippen molar-refractivity contribution in [1.82, 2.24) is 16.0 Å². The van der Waals surface area contributed by atoms with Gasteiger partial charge in [0.25, 0.3) is 0 Å². The molecule has 11 N–H and O–H groups in total. The first-order chi connectivity index (χ1) is 15.7. The molecule has 0 aromatic heterocycles. The minimum Gasteiger partial charge on any atom is -0.481 e. The first-order valence-corrected chi connectivity index (χ1v) is 10.9. The van der Waals surface area contributed by atoms with E-state index < -0.39 is 60.2 Å². The maximum Gasteiger partial charge on any atom is 0.326 e. The first-order valence-electron chi connectivity index (χ1n) is 10.9. The van der Waals surface area contributed by atoms with Crippen molar-refractivity contribution in [1.29, 1.82) is 0 Å². The van der Waals surface area contributed by atoms with Gasteiger partial charge in [-0.05, 0) is 38.5 Å². The minimum atomic E-state index is -1.34. The van der Waals surface area contributed by atoms with Crippen molar-refractivity contribution in [3.63, 3.8) is 0 Å². The van der Waals surface area contributed by atoms with E-state index in [1.54, 1.807) is 13.8 Å². The molecule has 0 aliphatic carbocycles. The number of aliphatic carboxylic acids is 2. The second kappa shape index (κ2) is 15.4. The molecule has 4 unspecified atom stereocenters. The van der Waals surface area contributed by atoms with Crippen LogP contribution in [0.3, 0.4) is 0 Å². The van der Waals surface area contributed by atoms with Crippen LogP contribution in [0.1, 0.15) is 52.9 Å². The molecule has 0 rings (SSSR count). The van der Waals surface area contributed by atoms with E-state index in [1.807, 2.05) is 0 Å². The Bertz CT molecular complexity index is 752. The van der Waals surface area contributed by atoms with Crippen LogP contribution < -0.4 is 33.2 Å². The summed E-state index contributed by atoms with van der Waals surface area (Å²) in [4.78, 5) is 64.0. The monoisotopic (exact) mass is 487 g/mol. The molecule has 14 heteroatoms. The molecule has 0 aromatic rings. The molecule has 0 bridgehead atoms. The van der Waals surface area contributed by atoms with Gasteiger partial charge in [-0.15, -0.1) is 0 Å². The number of hydrogen-bond donors (Lipinski definition) is 8. The Morgan fingerprint density at radius 1 is 0.824 bits per heavy atom. The van der Waals surface area contributed by atoms with Gasteiger partial charge in [0, 0.05) is 13.0 Å². The molecule has 0 aromatic carbocycles. The molecule has 0 aliphatic rings. The molecule has 34 heavy (non-hydrogen) atoms. The Kier molecular flexibility index (Phi) is 13.9. The van der Waals surface area contributed by atoms with Gasteiger partial charge in [0.05, 0.1) is 6.04 Å². The number of carboxylic acids is 2. The van der Waals surface area contributed by atoms with E-state index in [9.17, 15) is 29.1 Å². The molecule has 0 saturated heterocycles. The fraction of sp³-hybridized carbons (Fsp3) is 0.700. The lowest BCUT2D eigenvalue weighted by molar-refractivity contribution is -0.143. The highest BCUT2D eigenvalue weighted by Crippen LogP contribution is 2.08. The Morgan fingerprint density at radius 2 is 1.32 bits per heavy atom. The highest BCUT2D eigenvalue weighted by molar-refractivity contribution is 5.94. The van der Waals surface area contributed by atoms with Crippen LogP contribution in [0.4, 0.5) is 0 Å². The molecule has 0 heterocycles. The molecule has 0 radical (unpaired) electrons. The van der Waals surface area contributed by atoms with Crippen LogP contribution in [0.2, 0.25) is 0 Å². The van der Waals surface area contributed by atoms with Gasteiger partial charge in [-0.3, -0.25) is 24.2 Å². The van der Waals surface area contributed by atoms with Crippen molar-refractivity contribution in [2.75, 3.05) is 6.54 Å². The molecule has 0 fully saturated rings. The fourth-order valence-corrected chi connectivity index (χ4v) is 2.85. The lowest BCUT2D eigenvalue weighted by Gasteiger charge is -2.25. The zero-order chi connectivity index (χ0) is 26.4. The molecule has 0 spiro atoms. The molecule has 0 aliphatic heterocycles.